The van der Waals surface area contributed by atoms with Crippen molar-refractivity contribution in [1.82, 2.24) is 15.1 Å². The zero-order chi connectivity index (χ0) is 11.5. The van der Waals surface area contributed by atoms with Crippen LogP contribution in [0.4, 0.5) is 0 Å². The van der Waals surface area contributed by atoms with E-state index in [1.165, 1.54) is 25.7 Å². The molecule has 0 radical (unpaired) electrons. The molecule has 0 spiro atoms. The topological polar surface area (TPSA) is 49.0 Å². The van der Waals surface area contributed by atoms with Crippen LogP contribution in [0.5, 0.6) is 0 Å². The number of aromatic amines is 1. The number of amides is 1. The number of hydrogen-bond acceptors (Lipinski definition) is 2. The van der Waals surface area contributed by atoms with E-state index in [2.05, 4.69) is 10.2 Å². The standard InChI is InChI=1S/C12H19N3O/c1-9-11(7-13-14-9)12(16)15(2)8-10-5-3-4-6-10/h7,10H,3-6,8H2,1-2H3,(H,13,14). The largest absolute Gasteiger partial charge is 0.341 e. The molecule has 16 heavy (non-hydrogen) atoms. The number of carbonyl (C=O) groups excluding carboxylic acids is 1. The van der Waals surface area contributed by atoms with Gasteiger partial charge in [0.15, 0.2) is 0 Å². The van der Waals surface area contributed by atoms with Gasteiger partial charge in [-0.2, -0.15) is 5.10 Å². The van der Waals surface area contributed by atoms with Gasteiger partial charge in [0.1, 0.15) is 0 Å². The van der Waals surface area contributed by atoms with E-state index in [1.807, 2.05) is 18.9 Å². The minimum Gasteiger partial charge on any atom is -0.341 e. The Morgan fingerprint density at radius 1 is 1.56 bits per heavy atom. The molecule has 4 nitrogen and oxygen atoms in total. The van der Waals surface area contributed by atoms with Crippen molar-refractivity contribution in [3.05, 3.63) is 17.5 Å². The Morgan fingerprint density at radius 2 is 2.25 bits per heavy atom. The number of aryl methyl sites for hydroxylation is 1. The highest BCUT2D eigenvalue weighted by atomic mass is 16.2. The lowest BCUT2D eigenvalue weighted by atomic mass is 10.1. The summed E-state index contributed by atoms with van der Waals surface area (Å²) in [6.45, 7) is 2.76. The first-order valence-electron chi connectivity index (χ1n) is 5.94. The molecule has 0 unspecified atom stereocenters. The van der Waals surface area contributed by atoms with Crippen molar-refractivity contribution < 1.29 is 4.79 Å². The number of aromatic nitrogens is 2. The van der Waals surface area contributed by atoms with Gasteiger partial charge in [-0.3, -0.25) is 9.89 Å². The fourth-order valence-electron chi connectivity index (χ4n) is 2.44. The maximum atomic E-state index is 12.1. The summed E-state index contributed by atoms with van der Waals surface area (Å²) in [6.07, 6.45) is 6.78. The van der Waals surface area contributed by atoms with Crippen LogP contribution in [-0.4, -0.2) is 34.6 Å². The van der Waals surface area contributed by atoms with Crippen LogP contribution in [0.15, 0.2) is 6.20 Å². The van der Waals surface area contributed by atoms with Crippen molar-refractivity contribution >= 4 is 5.91 Å². The summed E-state index contributed by atoms with van der Waals surface area (Å²) in [5.41, 5.74) is 1.55. The van der Waals surface area contributed by atoms with E-state index in [0.29, 0.717) is 11.5 Å². The summed E-state index contributed by atoms with van der Waals surface area (Å²) >= 11 is 0. The Morgan fingerprint density at radius 3 is 2.81 bits per heavy atom. The highest BCUT2D eigenvalue weighted by Crippen LogP contribution is 2.25. The van der Waals surface area contributed by atoms with E-state index < -0.39 is 0 Å². The summed E-state index contributed by atoms with van der Waals surface area (Å²) in [6, 6.07) is 0. The molecule has 0 aromatic carbocycles. The van der Waals surface area contributed by atoms with Crippen LogP contribution in [-0.2, 0) is 0 Å². The molecule has 1 amide bonds. The summed E-state index contributed by atoms with van der Waals surface area (Å²) in [5, 5.41) is 6.69. The van der Waals surface area contributed by atoms with Crippen LogP contribution in [0.3, 0.4) is 0 Å². The van der Waals surface area contributed by atoms with Gasteiger partial charge in [0, 0.05) is 19.3 Å². The maximum absolute atomic E-state index is 12.1. The molecule has 2 rings (SSSR count). The molecule has 0 saturated heterocycles. The first-order valence-corrected chi connectivity index (χ1v) is 5.94. The second kappa shape index (κ2) is 4.68. The van der Waals surface area contributed by atoms with Gasteiger partial charge in [-0.25, -0.2) is 0 Å². The van der Waals surface area contributed by atoms with Crippen LogP contribution in [0.2, 0.25) is 0 Å². The molecule has 1 saturated carbocycles. The third-order valence-electron chi connectivity index (χ3n) is 3.41. The Hall–Kier alpha value is -1.32. The number of H-pyrrole nitrogens is 1. The second-order valence-electron chi connectivity index (χ2n) is 4.74. The van der Waals surface area contributed by atoms with Crippen molar-refractivity contribution in [2.75, 3.05) is 13.6 Å². The third kappa shape index (κ3) is 2.26. The molecular formula is C12H19N3O. The molecule has 1 heterocycles. The maximum Gasteiger partial charge on any atom is 0.257 e. The first kappa shape index (κ1) is 11.2. The molecule has 1 aromatic heterocycles. The molecule has 1 aliphatic carbocycles. The average Bonchev–Trinajstić information content (AvgIpc) is 2.88. The van der Waals surface area contributed by atoms with E-state index >= 15 is 0 Å². The molecule has 1 N–H and O–H groups in total. The van der Waals surface area contributed by atoms with Gasteiger partial charge in [-0.1, -0.05) is 12.8 Å². The monoisotopic (exact) mass is 221 g/mol. The molecule has 0 atom stereocenters. The van der Waals surface area contributed by atoms with Crippen LogP contribution in [0.1, 0.15) is 41.7 Å². The van der Waals surface area contributed by atoms with E-state index in [0.717, 1.165) is 12.2 Å². The first-order chi connectivity index (χ1) is 7.68. The van der Waals surface area contributed by atoms with Gasteiger partial charge in [-0.05, 0) is 25.7 Å². The molecule has 1 aromatic rings. The lowest BCUT2D eigenvalue weighted by Gasteiger charge is -2.20. The molecule has 88 valence electrons. The lowest BCUT2D eigenvalue weighted by Crippen LogP contribution is -2.31. The summed E-state index contributed by atoms with van der Waals surface area (Å²) < 4.78 is 0. The number of carbonyl (C=O) groups is 1. The predicted octanol–water partition coefficient (Wildman–Crippen LogP) is 1.98. The van der Waals surface area contributed by atoms with Gasteiger partial charge in [0.2, 0.25) is 0 Å². The number of hydrogen-bond donors (Lipinski definition) is 1. The lowest BCUT2D eigenvalue weighted by molar-refractivity contribution is 0.0772. The zero-order valence-corrected chi connectivity index (χ0v) is 9.99. The van der Waals surface area contributed by atoms with Gasteiger partial charge < -0.3 is 4.90 Å². The van der Waals surface area contributed by atoms with E-state index in [1.54, 1.807) is 6.20 Å². The summed E-state index contributed by atoms with van der Waals surface area (Å²) in [4.78, 5) is 13.9. The van der Waals surface area contributed by atoms with Gasteiger partial charge in [0.05, 0.1) is 11.8 Å². The van der Waals surface area contributed by atoms with Crippen molar-refractivity contribution in [2.45, 2.75) is 32.6 Å². The molecule has 0 bridgehead atoms. The molecule has 0 aliphatic heterocycles. The number of nitrogens with one attached hydrogen (secondary N) is 1. The number of rotatable bonds is 3. The SMILES string of the molecule is Cc1[nH]ncc1C(=O)N(C)CC1CCCC1. The highest BCUT2D eigenvalue weighted by molar-refractivity contribution is 5.94. The summed E-state index contributed by atoms with van der Waals surface area (Å²) in [7, 11) is 1.88. The van der Waals surface area contributed by atoms with Crippen molar-refractivity contribution in [2.24, 2.45) is 5.92 Å². The van der Waals surface area contributed by atoms with Crippen LogP contribution >= 0.6 is 0 Å². The zero-order valence-electron chi connectivity index (χ0n) is 9.99. The fourth-order valence-corrected chi connectivity index (χ4v) is 2.44. The van der Waals surface area contributed by atoms with Crippen LogP contribution in [0.25, 0.3) is 0 Å². The van der Waals surface area contributed by atoms with Crippen molar-refractivity contribution in [3.8, 4) is 0 Å². The average molecular weight is 221 g/mol. The van der Waals surface area contributed by atoms with Gasteiger partial charge in [0.25, 0.3) is 5.91 Å². The number of nitrogens with zero attached hydrogens (tertiary/aromatic N) is 2. The van der Waals surface area contributed by atoms with Gasteiger partial charge in [-0.15, -0.1) is 0 Å². The Balaban J connectivity index is 1.96. The minimum absolute atomic E-state index is 0.0816. The van der Waals surface area contributed by atoms with E-state index in [-0.39, 0.29) is 5.91 Å². The molecule has 1 aliphatic rings. The Labute approximate surface area is 96.0 Å². The van der Waals surface area contributed by atoms with Crippen LogP contribution in [0, 0.1) is 12.8 Å². The summed E-state index contributed by atoms with van der Waals surface area (Å²) in [5.74, 6) is 0.777. The van der Waals surface area contributed by atoms with Crippen molar-refractivity contribution in [1.29, 1.82) is 0 Å². The molecule has 1 fully saturated rings. The normalized spacial score (nSPS) is 16.6. The Bertz CT molecular complexity index is 366. The van der Waals surface area contributed by atoms with E-state index in [4.69, 9.17) is 0 Å². The third-order valence-corrected chi connectivity index (χ3v) is 3.41. The molecular weight excluding hydrogens is 202 g/mol. The quantitative estimate of drug-likeness (QED) is 0.848. The van der Waals surface area contributed by atoms with Crippen molar-refractivity contribution in [3.63, 3.8) is 0 Å². The van der Waals surface area contributed by atoms with Gasteiger partial charge >= 0.3 is 0 Å². The fraction of sp³-hybridized carbons (Fsp3) is 0.667. The predicted molar refractivity (Wildman–Crippen MR) is 62.2 cm³/mol. The molecule has 4 heteroatoms. The Kier molecular flexibility index (Phi) is 3.27. The van der Waals surface area contributed by atoms with Crippen LogP contribution < -0.4 is 0 Å². The second-order valence-corrected chi connectivity index (χ2v) is 4.74. The highest BCUT2D eigenvalue weighted by Gasteiger charge is 2.21. The minimum atomic E-state index is 0.0816. The smallest absolute Gasteiger partial charge is 0.257 e. The van der Waals surface area contributed by atoms with E-state index in [9.17, 15) is 4.79 Å².